The van der Waals surface area contributed by atoms with Crippen LogP contribution in [0.5, 0.6) is 0 Å². The van der Waals surface area contributed by atoms with Crippen LogP contribution in [0.15, 0.2) is 0 Å². The van der Waals surface area contributed by atoms with Crippen molar-refractivity contribution in [1.29, 1.82) is 0 Å². The van der Waals surface area contributed by atoms with Crippen LogP contribution in [0, 0.1) is 5.92 Å². The number of carboxylic acids is 1. The fourth-order valence-electron chi connectivity index (χ4n) is 2.36. The van der Waals surface area contributed by atoms with Crippen LogP contribution in [-0.2, 0) is 4.79 Å². The average molecular weight is 287 g/mol. The number of carbonyl (C=O) groups is 2. The molecule has 1 fully saturated rings. The van der Waals surface area contributed by atoms with Gasteiger partial charge in [0.25, 0.3) is 0 Å². The molecule has 0 aliphatic carbocycles. The molecule has 7 heteroatoms. The first-order chi connectivity index (χ1) is 9.43. The number of urea groups is 1. The third kappa shape index (κ3) is 5.34. The number of hydrogen-bond acceptors (Lipinski definition) is 4. The van der Waals surface area contributed by atoms with Gasteiger partial charge in [0.2, 0.25) is 0 Å². The smallest absolute Gasteiger partial charge is 0.326 e. The molecule has 0 radical (unpaired) electrons. The molecule has 20 heavy (non-hydrogen) atoms. The van der Waals surface area contributed by atoms with E-state index in [9.17, 15) is 9.59 Å². The van der Waals surface area contributed by atoms with Crippen molar-refractivity contribution in [1.82, 2.24) is 15.1 Å². The van der Waals surface area contributed by atoms with Gasteiger partial charge in [-0.2, -0.15) is 0 Å². The van der Waals surface area contributed by atoms with E-state index in [0.29, 0.717) is 12.5 Å². The lowest BCUT2D eigenvalue weighted by molar-refractivity contribution is -0.139. The Morgan fingerprint density at radius 2 is 2.00 bits per heavy atom. The molecule has 2 amide bonds. The summed E-state index contributed by atoms with van der Waals surface area (Å²) >= 11 is 0. The molecule has 0 aromatic heterocycles. The normalized spacial score (nSPS) is 18.6. The maximum absolute atomic E-state index is 11.9. The van der Waals surface area contributed by atoms with Crippen molar-refractivity contribution in [3.8, 4) is 0 Å². The van der Waals surface area contributed by atoms with Crippen LogP contribution >= 0.6 is 0 Å². The van der Waals surface area contributed by atoms with Gasteiger partial charge in [-0.05, 0) is 38.9 Å². The lowest BCUT2D eigenvalue weighted by Crippen LogP contribution is -2.48. The molecule has 1 saturated heterocycles. The highest BCUT2D eigenvalue weighted by molar-refractivity contribution is 5.82. The highest BCUT2D eigenvalue weighted by atomic mass is 16.4. The zero-order valence-corrected chi connectivity index (χ0v) is 12.2. The molecule has 1 atom stereocenters. The van der Waals surface area contributed by atoms with E-state index in [0.717, 1.165) is 25.9 Å². The van der Waals surface area contributed by atoms with Gasteiger partial charge in [-0.1, -0.05) is 0 Å². The molecule has 1 rings (SSSR count). The molecular weight excluding hydrogens is 262 g/mol. The Balaban J connectivity index is 2.39. The van der Waals surface area contributed by atoms with Gasteiger partial charge < -0.3 is 25.3 Å². The van der Waals surface area contributed by atoms with Crippen molar-refractivity contribution < 1.29 is 19.8 Å². The first-order valence-corrected chi connectivity index (χ1v) is 6.98. The summed E-state index contributed by atoms with van der Waals surface area (Å²) in [6, 6.07) is -1.43. The average Bonchev–Trinajstić information content (AvgIpc) is 2.40. The summed E-state index contributed by atoms with van der Waals surface area (Å²) in [4.78, 5) is 26.6. The number of aliphatic hydroxyl groups is 1. The van der Waals surface area contributed by atoms with E-state index in [1.807, 2.05) is 0 Å². The maximum Gasteiger partial charge on any atom is 0.326 e. The second-order valence-electron chi connectivity index (χ2n) is 5.48. The van der Waals surface area contributed by atoms with Gasteiger partial charge in [0, 0.05) is 26.6 Å². The Hall–Kier alpha value is -1.34. The summed E-state index contributed by atoms with van der Waals surface area (Å²) in [6.07, 6.45) is 2.11. The summed E-state index contributed by atoms with van der Waals surface area (Å²) in [5, 5.41) is 20.2. The molecule has 1 heterocycles. The first kappa shape index (κ1) is 16.7. The number of hydrogen-bond donors (Lipinski definition) is 3. The number of rotatable bonds is 6. The van der Waals surface area contributed by atoms with Gasteiger partial charge in [-0.3, -0.25) is 0 Å². The van der Waals surface area contributed by atoms with Crippen molar-refractivity contribution in [3.63, 3.8) is 0 Å². The topological polar surface area (TPSA) is 93.1 Å². The fraction of sp³-hybridized carbons (Fsp3) is 0.846. The molecule has 7 nitrogen and oxygen atoms in total. The van der Waals surface area contributed by atoms with E-state index in [4.69, 9.17) is 10.2 Å². The van der Waals surface area contributed by atoms with E-state index in [2.05, 4.69) is 17.3 Å². The Morgan fingerprint density at radius 3 is 2.50 bits per heavy atom. The van der Waals surface area contributed by atoms with Crippen molar-refractivity contribution >= 4 is 12.0 Å². The predicted molar refractivity (Wildman–Crippen MR) is 74.5 cm³/mol. The molecule has 0 spiro atoms. The van der Waals surface area contributed by atoms with Crippen LogP contribution in [0.1, 0.15) is 19.3 Å². The Bertz CT molecular complexity index is 330. The third-order valence-electron chi connectivity index (χ3n) is 3.73. The van der Waals surface area contributed by atoms with Crippen LogP contribution in [-0.4, -0.2) is 78.4 Å². The monoisotopic (exact) mass is 287 g/mol. The minimum atomic E-state index is -1.12. The largest absolute Gasteiger partial charge is 0.480 e. The maximum atomic E-state index is 11.9. The van der Waals surface area contributed by atoms with Crippen molar-refractivity contribution in [2.45, 2.75) is 25.3 Å². The van der Waals surface area contributed by atoms with Gasteiger partial charge in [0.1, 0.15) is 6.04 Å². The lowest BCUT2D eigenvalue weighted by atomic mass is 9.97. The zero-order valence-electron chi connectivity index (χ0n) is 12.2. The van der Waals surface area contributed by atoms with Crippen molar-refractivity contribution in [2.24, 2.45) is 5.92 Å². The molecule has 1 aliphatic rings. The molecule has 116 valence electrons. The van der Waals surface area contributed by atoms with Gasteiger partial charge in [-0.15, -0.1) is 0 Å². The fourth-order valence-corrected chi connectivity index (χ4v) is 2.36. The SMILES string of the molecule is CN1CCC(CN(C)C(=O)N[C@@H](CCO)C(=O)O)CC1. The molecule has 0 aromatic rings. The number of amides is 2. The highest BCUT2D eigenvalue weighted by Gasteiger charge is 2.24. The van der Waals surface area contributed by atoms with Gasteiger partial charge in [-0.25, -0.2) is 9.59 Å². The van der Waals surface area contributed by atoms with Crippen LogP contribution in [0.25, 0.3) is 0 Å². The number of carboxylic acid groups (broad SMARTS) is 1. The minimum Gasteiger partial charge on any atom is -0.480 e. The van der Waals surface area contributed by atoms with Crippen molar-refractivity contribution in [3.05, 3.63) is 0 Å². The molecular formula is C13H25N3O4. The van der Waals surface area contributed by atoms with E-state index in [-0.39, 0.29) is 13.0 Å². The van der Waals surface area contributed by atoms with Gasteiger partial charge in [0.15, 0.2) is 0 Å². The first-order valence-electron chi connectivity index (χ1n) is 6.98. The molecule has 1 aliphatic heterocycles. The van der Waals surface area contributed by atoms with Crippen LogP contribution in [0.4, 0.5) is 4.79 Å². The van der Waals surface area contributed by atoms with Gasteiger partial charge >= 0.3 is 12.0 Å². The molecule has 0 unspecified atom stereocenters. The number of aliphatic carboxylic acids is 1. The van der Waals surface area contributed by atoms with E-state index in [1.54, 1.807) is 7.05 Å². The minimum absolute atomic E-state index is 0.0170. The quantitative estimate of drug-likeness (QED) is 0.629. The summed E-state index contributed by atoms with van der Waals surface area (Å²) in [5.74, 6) is -0.664. The number of piperidine rings is 1. The second-order valence-corrected chi connectivity index (χ2v) is 5.48. The number of carbonyl (C=O) groups excluding carboxylic acids is 1. The Morgan fingerprint density at radius 1 is 1.40 bits per heavy atom. The van der Waals surface area contributed by atoms with E-state index >= 15 is 0 Å². The van der Waals surface area contributed by atoms with E-state index < -0.39 is 18.0 Å². The van der Waals surface area contributed by atoms with Crippen LogP contribution in [0.2, 0.25) is 0 Å². The second kappa shape index (κ2) is 8.06. The third-order valence-corrected chi connectivity index (χ3v) is 3.73. The summed E-state index contributed by atoms with van der Waals surface area (Å²) in [5.41, 5.74) is 0. The highest BCUT2D eigenvalue weighted by Crippen LogP contribution is 2.16. The Kier molecular flexibility index (Phi) is 6.74. The van der Waals surface area contributed by atoms with Crippen LogP contribution < -0.4 is 5.32 Å². The Labute approximate surface area is 119 Å². The molecule has 0 bridgehead atoms. The van der Waals surface area contributed by atoms with E-state index in [1.165, 1.54) is 4.90 Å². The number of nitrogens with one attached hydrogen (secondary N) is 1. The summed E-state index contributed by atoms with van der Waals surface area (Å²) in [6.45, 7) is 2.42. The van der Waals surface area contributed by atoms with Crippen molar-refractivity contribution in [2.75, 3.05) is 40.3 Å². The summed E-state index contributed by atoms with van der Waals surface area (Å²) < 4.78 is 0. The predicted octanol–water partition coefficient (Wildman–Crippen LogP) is -0.195. The number of likely N-dealkylation sites (tertiary alicyclic amines) is 1. The standard InChI is InChI=1S/C13H25N3O4/c1-15-6-3-10(4-7-15)9-16(2)13(20)14-11(5-8-17)12(18)19/h10-11,17H,3-9H2,1-2H3,(H,14,20)(H,18,19)/t11-/m0/s1. The number of nitrogens with zero attached hydrogens (tertiary/aromatic N) is 2. The zero-order chi connectivity index (χ0) is 15.1. The molecule has 0 saturated carbocycles. The molecule has 3 N–H and O–H groups in total. The van der Waals surface area contributed by atoms with Gasteiger partial charge in [0.05, 0.1) is 0 Å². The summed E-state index contributed by atoms with van der Waals surface area (Å²) in [7, 11) is 3.75. The number of aliphatic hydroxyl groups excluding tert-OH is 1. The molecule has 0 aromatic carbocycles. The lowest BCUT2D eigenvalue weighted by Gasteiger charge is -2.32. The van der Waals surface area contributed by atoms with Crippen LogP contribution in [0.3, 0.4) is 0 Å².